The summed E-state index contributed by atoms with van der Waals surface area (Å²) in [6, 6.07) is 13.5. The summed E-state index contributed by atoms with van der Waals surface area (Å²) in [5, 5.41) is 17.3. The minimum atomic E-state index is -0.698. The molecule has 3 nitrogen and oxygen atoms in total. The third-order valence-electron chi connectivity index (χ3n) is 2.77. The van der Waals surface area contributed by atoms with E-state index in [1.165, 1.54) is 6.08 Å². The molecule has 5 heteroatoms. The lowest BCUT2D eigenvalue weighted by molar-refractivity contribution is 0.302. The fourth-order valence-corrected chi connectivity index (χ4v) is 1.74. The molecule has 0 heterocycles. The van der Waals surface area contributed by atoms with Crippen molar-refractivity contribution in [3.63, 3.8) is 0 Å². The van der Waals surface area contributed by atoms with Gasteiger partial charge >= 0.3 is 0 Å². The van der Waals surface area contributed by atoms with Gasteiger partial charge in [-0.1, -0.05) is 24.3 Å². The van der Waals surface area contributed by atoms with Gasteiger partial charge in [0.1, 0.15) is 41.7 Å². The van der Waals surface area contributed by atoms with E-state index in [4.69, 9.17) is 15.3 Å². The third kappa shape index (κ3) is 4.16. The topological polar surface area (TPSA) is 56.8 Å². The summed E-state index contributed by atoms with van der Waals surface area (Å²) in [7, 11) is 0. The van der Waals surface area contributed by atoms with Gasteiger partial charge in [0.25, 0.3) is 0 Å². The SMILES string of the molecule is N#CC(C#N)=Cc1ccc(COc2cc(F)cc(F)c2)cc1. The van der Waals surface area contributed by atoms with Crippen molar-refractivity contribution >= 4 is 6.08 Å². The molecule has 0 unspecified atom stereocenters. The van der Waals surface area contributed by atoms with Gasteiger partial charge in [-0.3, -0.25) is 0 Å². The molecule has 22 heavy (non-hydrogen) atoms. The highest BCUT2D eigenvalue weighted by atomic mass is 19.1. The Kier molecular flexibility index (Phi) is 4.85. The molecule has 0 atom stereocenters. The first-order valence-electron chi connectivity index (χ1n) is 6.30. The van der Waals surface area contributed by atoms with Crippen molar-refractivity contribution in [3.05, 3.63) is 70.8 Å². The molecule has 0 aliphatic heterocycles. The van der Waals surface area contributed by atoms with Gasteiger partial charge < -0.3 is 4.74 Å². The molecule has 0 N–H and O–H groups in total. The largest absolute Gasteiger partial charge is 0.489 e. The summed E-state index contributed by atoms with van der Waals surface area (Å²) in [6.45, 7) is 0.149. The standard InChI is InChI=1S/C17H10F2N2O/c18-15-6-16(19)8-17(7-15)22-11-13-3-1-12(2-4-13)5-14(9-20)10-21/h1-8H,11H2. The summed E-state index contributed by atoms with van der Waals surface area (Å²) < 4.78 is 31.3. The second-order valence-corrected chi connectivity index (χ2v) is 4.42. The number of hydrogen-bond donors (Lipinski definition) is 0. The Hall–Kier alpha value is -3.18. The normalized spacial score (nSPS) is 9.45. The van der Waals surface area contributed by atoms with E-state index in [9.17, 15) is 8.78 Å². The van der Waals surface area contributed by atoms with Crippen LogP contribution in [0.25, 0.3) is 6.08 Å². The molecular weight excluding hydrogens is 286 g/mol. The van der Waals surface area contributed by atoms with Gasteiger partial charge in [-0.25, -0.2) is 8.78 Å². The van der Waals surface area contributed by atoms with Crippen LogP contribution in [0.4, 0.5) is 8.78 Å². The predicted molar refractivity (Wildman–Crippen MR) is 76.3 cm³/mol. The monoisotopic (exact) mass is 296 g/mol. The van der Waals surface area contributed by atoms with E-state index in [1.807, 2.05) is 0 Å². The van der Waals surface area contributed by atoms with Crippen molar-refractivity contribution in [2.45, 2.75) is 6.61 Å². The van der Waals surface area contributed by atoms with E-state index in [2.05, 4.69) is 0 Å². The van der Waals surface area contributed by atoms with Crippen molar-refractivity contribution in [2.75, 3.05) is 0 Å². The van der Waals surface area contributed by atoms with Gasteiger partial charge in [0.15, 0.2) is 0 Å². The van der Waals surface area contributed by atoms with Crippen LogP contribution in [0.15, 0.2) is 48.0 Å². The van der Waals surface area contributed by atoms with Gasteiger partial charge in [-0.2, -0.15) is 10.5 Å². The molecule has 2 aromatic carbocycles. The van der Waals surface area contributed by atoms with Crippen LogP contribution in [-0.2, 0) is 6.61 Å². The van der Waals surface area contributed by atoms with Crippen LogP contribution in [0.2, 0.25) is 0 Å². The summed E-state index contributed by atoms with van der Waals surface area (Å²) >= 11 is 0. The molecule has 0 fully saturated rings. The third-order valence-corrected chi connectivity index (χ3v) is 2.77. The van der Waals surface area contributed by atoms with Crippen molar-refractivity contribution < 1.29 is 13.5 Å². The summed E-state index contributed by atoms with van der Waals surface area (Å²) in [5.41, 5.74) is 1.51. The van der Waals surface area contributed by atoms with Gasteiger partial charge in [-0.15, -0.1) is 0 Å². The average Bonchev–Trinajstić information content (AvgIpc) is 2.51. The lowest BCUT2D eigenvalue weighted by atomic mass is 10.1. The second-order valence-electron chi connectivity index (χ2n) is 4.42. The molecule has 0 radical (unpaired) electrons. The van der Waals surface area contributed by atoms with Gasteiger partial charge in [0.2, 0.25) is 0 Å². The Morgan fingerprint density at radius 3 is 2.14 bits per heavy atom. The van der Waals surface area contributed by atoms with Crippen LogP contribution >= 0.6 is 0 Å². The minimum Gasteiger partial charge on any atom is -0.489 e. The van der Waals surface area contributed by atoms with Crippen LogP contribution in [0.1, 0.15) is 11.1 Å². The Labute approximate surface area is 126 Å². The van der Waals surface area contributed by atoms with Crippen LogP contribution < -0.4 is 4.74 Å². The molecule has 0 aliphatic rings. The highest BCUT2D eigenvalue weighted by molar-refractivity contribution is 5.61. The predicted octanol–water partition coefficient (Wildman–Crippen LogP) is 3.97. The number of ether oxygens (including phenoxy) is 1. The number of allylic oxidation sites excluding steroid dienone is 1. The number of benzene rings is 2. The molecule has 0 amide bonds. The highest BCUT2D eigenvalue weighted by Gasteiger charge is 2.02. The smallest absolute Gasteiger partial charge is 0.130 e. The number of rotatable bonds is 4. The Balaban J connectivity index is 2.04. The summed E-state index contributed by atoms with van der Waals surface area (Å²) in [5.74, 6) is -1.29. The molecule has 108 valence electrons. The zero-order chi connectivity index (χ0) is 15.9. The van der Waals surface area contributed by atoms with Gasteiger partial charge in [-0.05, 0) is 17.2 Å². The second kappa shape index (κ2) is 7.01. The molecule has 0 bridgehead atoms. The van der Waals surface area contributed by atoms with Crippen LogP contribution in [-0.4, -0.2) is 0 Å². The number of hydrogen-bond acceptors (Lipinski definition) is 3. The van der Waals surface area contributed by atoms with E-state index in [0.29, 0.717) is 5.56 Å². The highest BCUT2D eigenvalue weighted by Crippen LogP contribution is 2.17. The first kappa shape index (κ1) is 15.2. The van der Waals surface area contributed by atoms with Crippen molar-refractivity contribution in [1.82, 2.24) is 0 Å². The number of nitriles is 2. The van der Waals surface area contributed by atoms with Crippen LogP contribution in [0.3, 0.4) is 0 Å². The first-order valence-corrected chi connectivity index (χ1v) is 6.30. The molecule has 2 aromatic rings. The quantitative estimate of drug-likeness (QED) is 0.802. The zero-order valence-electron chi connectivity index (χ0n) is 11.4. The van der Waals surface area contributed by atoms with E-state index >= 15 is 0 Å². The molecule has 0 aliphatic carbocycles. The first-order chi connectivity index (χ1) is 10.6. The summed E-state index contributed by atoms with van der Waals surface area (Å²) in [6.07, 6.45) is 1.46. The Bertz CT molecular complexity index is 748. The van der Waals surface area contributed by atoms with Crippen molar-refractivity contribution in [2.24, 2.45) is 0 Å². The lowest BCUT2D eigenvalue weighted by Gasteiger charge is -2.07. The molecular formula is C17H10F2N2O. The maximum atomic E-state index is 13.0. The Morgan fingerprint density at radius 2 is 1.59 bits per heavy atom. The van der Waals surface area contributed by atoms with E-state index in [0.717, 1.165) is 23.8 Å². The Morgan fingerprint density at radius 1 is 1.00 bits per heavy atom. The molecule has 0 spiro atoms. The molecule has 2 rings (SSSR count). The van der Waals surface area contributed by atoms with E-state index in [1.54, 1.807) is 36.4 Å². The van der Waals surface area contributed by atoms with Gasteiger partial charge in [0, 0.05) is 18.2 Å². The van der Waals surface area contributed by atoms with Crippen molar-refractivity contribution in [1.29, 1.82) is 10.5 Å². The molecule has 0 saturated heterocycles. The van der Waals surface area contributed by atoms with E-state index in [-0.39, 0.29) is 17.9 Å². The molecule has 0 saturated carbocycles. The number of halogens is 2. The summed E-state index contributed by atoms with van der Waals surface area (Å²) in [4.78, 5) is 0. The average molecular weight is 296 g/mol. The number of nitrogens with zero attached hydrogens (tertiary/aromatic N) is 2. The van der Waals surface area contributed by atoms with Crippen LogP contribution in [0, 0.1) is 34.3 Å². The van der Waals surface area contributed by atoms with E-state index < -0.39 is 11.6 Å². The lowest BCUT2D eigenvalue weighted by Crippen LogP contribution is -1.96. The minimum absolute atomic E-state index is 0.0132. The fourth-order valence-electron chi connectivity index (χ4n) is 1.74. The maximum Gasteiger partial charge on any atom is 0.130 e. The fraction of sp³-hybridized carbons (Fsp3) is 0.0588. The van der Waals surface area contributed by atoms with Gasteiger partial charge in [0.05, 0.1) is 0 Å². The van der Waals surface area contributed by atoms with Crippen LogP contribution in [0.5, 0.6) is 5.75 Å². The maximum absolute atomic E-state index is 13.0. The van der Waals surface area contributed by atoms with Crippen molar-refractivity contribution in [3.8, 4) is 17.9 Å². The zero-order valence-corrected chi connectivity index (χ0v) is 11.4. The molecule has 0 aromatic heterocycles.